The molecule has 1 heterocycles. The van der Waals surface area contributed by atoms with Crippen molar-refractivity contribution in [2.24, 2.45) is 0 Å². The lowest BCUT2D eigenvalue weighted by Crippen LogP contribution is -1.95. The maximum atomic E-state index is 10.4. The second-order valence-electron chi connectivity index (χ2n) is 6.23. The number of hydrogen-bond acceptors (Lipinski definition) is 2. The second-order valence-corrected chi connectivity index (χ2v) is 6.23. The molecule has 0 spiro atoms. The molecular formula is C21H27NO2. The molecule has 0 bridgehead atoms. The predicted octanol–water partition coefficient (Wildman–Crippen LogP) is 5.50. The van der Waals surface area contributed by atoms with Crippen molar-refractivity contribution in [1.29, 1.82) is 0 Å². The molecule has 0 saturated carbocycles. The Labute approximate surface area is 144 Å². The van der Waals surface area contributed by atoms with Gasteiger partial charge in [-0.05, 0) is 30.9 Å². The van der Waals surface area contributed by atoms with Crippen LogP contribution in [-0.2, 0) is 11.2 Å². The molecular weight excluding hydrogens is 298 g/mol. The fourth-order valence-corrected chi connectivity index (χ4v) is 2.97. The number of carbonyl (C=O) groups is 1. The van der Waals surface area contributed by atoms with E-state index in [0.717, 1.165) is 32.1 Å². The summed E-state index contributed by atoms with van der Waals surface area (Å²) in [6.45, 7) is 0. The number of rotatable bonds is 11. The third-order valence-electron chi connectivity index (χ3n) is 4.28. The van der Waals surface area contributed by atoms with E-state index in [1.165, 1.54) is 36.1 Å². The number of aliphatic carboxylic acids is 1. The van der Waals surface area contributed by atoms with Crippen LogP contribution in [0.3, 0.4) is 0 Å². The molecule has 0 aliphatic heterocycles. The largest absolute Gasteiger partial charge is 0.481 e. The molecule has 24 heavy (non-hydrogen) atoms. The molecule has 0 saturated heterocycles. The minimum absolute atomic E-state index is 0.307. The highest BCUT2D eigenvalue weighted by atomic mass is 16.4. The zero-order valence-corrected chi connectivity index (χ0v) is 14.3. The Kier molecular flexibility index (Phi) is 8.02. The normalized spacial score (nSPS) is 10.7. The molecule has 0 radical (unpaired) electrons. The lowest BCUT2D eigenvalue weighted by Gasteiger charge is -2.08. The van der Waals surface area contributed by atoms with Gasteiger partial charge in [-0.3, -0.25) is 9.78 Å². The van der Waals surface area contributed by atoms with Crippen LogP contribution in [0.15, 0.2) is 48.7 Å². The van der Waals surface area contributed by atoms with Crippen LogP contribution in [-0.4, -0.2) is 16.1 Å². The van der Waals surface area contributed by atoms with E-state index in [4.69, 9.17) is 5.11 Å². The number of aromatic nitrogens is 1. The van der Waals surface area contributed by atoms with Gasteiger partial charge in [0, 0.05) is 23.9 Å². The Morgan fingerprint density at radius 3 is 2.21 bits per heavy atom. The number of carboxylic acids is 1. The Bertz CT molecular complexity index is 610. The summed E-state index contributed by atoms with van der Waals surface area (Å²) in [4.78, 5) is 15.0. The monoisotopic (exact) mass is 325 g/mol. The van der Waals surface area contributed by atoms with E-state index in [2.05, 4.69) is 35.3 Å². The van der Waals surface area contributed by atoms with Crippen LogP contribution in [0, 0.1) is 0 Å². The van der Waals surface area contributed by atoms with Crippen LogP contribution in [0.25, 0.3) is 11.1 Å². The van der Waals surface area contributed by atoms with Crippen molar-refractivity contribution in [3.05, 3.63) is 54.4 Å². The van der Waals surface area contributed by atoms with Gasteiger partial charge in [-0.15, -0.1) is 0 Å². The van der Waals surface area contributed by atoms with Crippen LogP contribution in [0.5, 0.6) is 0 Å². The van der Waals surface area contributed by atoms with Gasteiger partial charge in [0.25, 0.3) is 0 Å². The van der Waals surface area contributed by atoms with Gasteiger partial charge in [-0.2, -0.15) is 0 Å². The fourth-order valence-electron chi connectivity index (χ4n) is 2.97. The number of hydrogen-bond donors (Lipinski definition) is 1. The minimum atomic E-state index is -0.681. The van der Waals surface area contributed by atoms with Crippen molar-refractivity contribution in [2.45, 2.75) is 57.8 Å². The quantitative estimate of drug-likeness (QED) is 0.555. The predicted molar refractivity (Wildman–Crippen MR) is 97.9 cm³/mol. The summed E-state index contributed by atoms with van der Waals surface area (Å²) in [5, 5.41) is 8.59. The molecule has 1 aromatic heterocycles. The number of unbranched alkanes of at least 4 members (excludes halogenated alkanes) is 6. The summed E-state index contributed by atoms with van der Waals surface area (Å²) in [6, 6.07) is 14.6. The van der Waals surface area contributed by atoms with Crippen molar-refractivity contribution < 1.29 is 9.90 Å². The zero-order valence-electron chi connectivity index (χ0n) is 14.3. The maximum Gasteiger partial charge on any atom is 0.303 e. The van der Waals surface area contributed by atoms with Crippen molar-refractivity contribution in [2.75, 3.05) is 0 Å². The van der Waals surface area contributed by atoms with Gasteiger partial charge in [0.2, 0.25) is 0 Å². The fraction of sp³-hybridized carbons (Fsp3) is 0.429. The van der Waals surface area contributed by atoms with Crippen molar-refractivity contribution >= 4 is 5.97 Å². The Morgan fingerprint density at radius 1 is 0.833 bits per heavy atom. The smallest absolute Gasteiger partial charge is 0.303 e. The van der Waals surface area contributed by atoms with Gasteiger partial charge in [-0.25, -0.2) is 0 Å². The molecule has 1 N–H and O–H groups in total. The first-order valence-corrected chi connectivity index (χ1v) is 8.98. The van der Waals surface area contributed by atoms with E-state index in [1.54, 1.807) is 0 Å². The van der Waals surface area contributed by atoms with Crippen LogP contribution in [0.4, 0.5) is 0 Å². The molecule has 0 fully saturated rings. The average Bonchev–Trinajstić information content (AvgIpc) is 2.61. The highest BCUT2D eigenvalue weighted by Crippen LogP contribution is 2.23. The summed E-state index contributed by atoms with van der Waals surface area (Å²) in [7, 11) is 0. The number of pyridine rings is 1. The van der Waals surface area contributed by atoms with Gasteiger partial charge >= 0.3 is 5.97 Å². The first kappa shape index (κ1) is 18.2. The molecule has 3 nitrogen and oxygen atoms in total. The molecule has 0 unspecified atom stereocenters. The zero-order chi connectivity index (χ0) is 17.0. The van der Waals surface area contributed by atoms with Crippen LogP contribution in [0.1, 0.15) is 57.1 Å². The molecule has 128 valence electrons. The molecule has 0 amide bonds. The van der Waals surface area contributed by atoms with Crippen LogP contribution < -0.4 is 0 Å². The topological polar surface area (TPSA) is 50.2 Å². The first-order chi connectivity index (χ1) is 11.8. The first-order valence-electron chi connectivity index (χ1n) is 8.98. The van der Waals surface area contributed by atoms with Gasteiger partial charge in [0.1, 0.15) is 0 Å². The summed E-state index contributed by atoms with van der Waals surface area (Å²) in [5.41, 5.74) is 3.66. The standard InChI is InChI=1S/C21H27NO2/c23-21(24)16-10-5-3-1-2-4-9-15-20-19(14-11-17-22-20)18-12-7-6-8-13-18/h6-8,11-14,17H,1-5,9-10,15-16H2,(H,23,24). The van der Waals surface area contributed by atoms with Crippen LogP contribution >= 0.6 is 0 Å². The molecule has 0 aliphatic rings. The van der Waals surface area contributed by atoms with Gasteiger partial charge in [0.05, 0.1) is 0 Å². The number of benzene rings is 1. The second kappa shape index (κ2) is 10.6. The summed E-state index contributed by atoms with van der Waals surface area (Å²) in [6.07, 6.45) is 11.0. The summed E-state index contributed by atoms with van der Waals surface area (Å²) in [5.74, 6) is -0.681. The Hall–Kier alpha value is -2.16. The van der Waals surface area contributed by atoms with Crippen molar-refractivity contribution in [3.63, 3.8) is 0 Å². The molecule has 0 atom stereocenters. The van der Waals surface area contributed by atoms with E-state index in [1.807, 2.05) is 18.3 Å². The van der Waals surface area contributed by atoms with Gasteiger partial charge < -0.3 is 5.11 Å². The number of carboxylic acid groups (broad SMARTS) is 1. The summed E-state index contributed by atoms with van der Waals surface area (Å²) >= 11 is 0. The van der Waals surface area contributed by atoms with E-state index in [9.17, 15) is 4.79 Å². The van der Waals surface area contributed by atoms with Crippen LogP contribution in [0.2, 0.25) is 0 Å². The Morgan fingerprint density at radius 2 is 1.50 bits per heavy atom. The highest BCUT2D eigenvalue weighted by Gasteiger charge is 2.05. The number of nitrogens with zero attached hydrogens (tertiary/aromatic N) is 1. The molecule has 0 aliphatic carbocycles. The van der Waals surface area contributed by atoms with E-state index in [0.29, 0.717) is 6.42 Å². The Balaban J connectivity index is 1.67. The minimum Gasteiger partial charge on any atom is -0.481 e. The molecule has 2 aromatic rings. The SMILES string of the molecule is O=C(O)CCCCCCCCCc1ncccc1-c1ccccc1. The maximum absolute atomic E-state index is 10.4. The van der Waals surface area contributed by atoms with E-state index < -0.39 is 5.97 Å². The van der Waals surface area contributed by atoms with E-state index >= 15 is 0 Å². The molecule has 3 heteroatoms. The van der Waals surface area contributed by atoms with Gasteiger partial charge in [-0.1, -0.05) is 68.5 Å². The van der Waals surface area contributed by atoms with Crippen molar-refractivity contribution in [1.82, 2.24) is 4.98 Å². The van der Waals surface area contributed by atoms with E-state index in [-0.39, 0.29) is 0 Å². The molecule has 2 rings (SSSR count). The molecule has 1 aromatic carbocycles. The van der Waals surface area contributed by atoms with Crippen molar-refractivity contribution in [3.8, 4) is 11.1 Å². The summed E-state index contributed by atoms with van der Waals surface area (Å²) < 4.78 is 0. The van der Waals surface area contributed by atoms with Gasteiger partial charge in [0.15, 0.2) is 0 Å². The number of aryl methyl sites for hydroxylation is 1. The average molecular weight is 325 g/mol. The third kappa shape index (κ3) is 6.53. The highest BCUT2D eigenvalue weighted by molar-refractivity contribution is 5.66. The third-order valence-corrected chi connectivity index (χ3v) is 4.28. The lowest BCUT2D eigenvalue weighted by atomic mass is 10.00. The lowest BCUT2D eigenvalue weighted by molar-refractivity contribution is -0.137.